The maximum atomic E-state index is 12.7. The maximum Gasteiger partial charge on any atom is 0.410 e. The van der Waals surface area contributed by atoms with Gasteiger partial charge in [-0.1, -0.05) is 36.4 Å². The SMILES string of the molecule is CCN(CC)c1ncccc1[C@@H]1CCCN1C(=O)OCc1ccccc1. The van der Waals surface area contributed by atoms with Crippen molar-refractivity contribution < 1.29 is 9.53 Å². The Morgan fingerprint density at radius 2 is 1.96 bits per heavy atom. The summed E-state index contributed by atoms with van der Waals surface area (Å²) in [6.07, 6.45) is 3.51. The van der Waals surface area contributed by atoms with Gasteiger partial charge in [0.25, 0.3) is 0 Å². The average molecular weight is 353 g/mol. The van der Waals surface area contributed by atoms with E-state index in [4.69, 9.17) is 4.74 Å². The van der Waals surface area contributed by atoms with Gasteiger partial charge < -0.3 is 14.5 Å². The first-order valence-electron chi connectivity index (χ1n) is 9.41. The third-order valence-corrected chi connectivity index (χ3v) is 4.93. The highest BCUT2D eigenvalue weighted by Crippen LogP contribution is 2.36. The summed E-state index contributed by atoms with van der Waals surface area (Å²) < 4.78 is 5.57. The number of carbonyl (C=O) groups is 1. The second-order valence-electron chi connectivity index (χ2n) is 6.48. The van der Waals surface area contributed by atoms with Crippen molar-refractivity contribution in [1.29, 1.82) is 0 Å². The number of amides is 1. The number of hydrogen-bond acceptors (Lipinski definition) is 4. The largest absolute Gasteiger partial charge is 0.445 e. The third kappa shape index (κ3) is 3.98. The number of ether oxygens (including phenoxy) is 1. The van der Waals surface area contributed by atoms with Crippen molar-refractivity contribution in [3.63, 3.8) is 0 Å². The Hall–Kier alpha value is -2.56. The van der Waals surface area contributed by atoms with Gasteiger partial charge in [0.15, 0.2) is 0 Å². The monoisotopic (exact) mass is 353 g/mol. The van der Waals surface area contributed by atoms with Crippen LogP contribution in [0.2, 0.25) is 0 Å². The van der Waals surface area contributed by atoms with Crippen LogP contribution in [0.1, 0.15) is 43.9 Å². The lowest BCUT2D eigenvalue weighted by Gasteiger charge is -2.29. The Morgan fingerprint density at radius 3 is 2.69 bits per heavy atom. The summed E-state index contributed by atoms with van der Waals surface area (Å²) in [6, 6.07) is 13.9. The normalized spacial score (nSPS) is 16.5. The van der Waals surface area contributed by atoms with E-state index < -0.39 is 0 Å². The molecule has 0 radical (unpaired) electrons. The molecule has 1 amide bonds. The highest BCUT2D eigenvalue weighted by Gasteiger charge is 2.33. The summed E-state index contributed by atoms with van der Waals surface area (Å²) >= 11 is 0. The number of aromatic nitrogens is 1. The molecule has 0 unspecified atom stereocenters. The quantitative estimate of drug-likeness (QED) is 0.772. The molecule has 5 nitrogen and oxygen atoms in total. The highest BCUT2D eigenvalue weighted by molar-refractivity contribution is 5.69. The molecule has 1 aliphatic heterocycles. The van der Waals surface area contributed by atoms with Crippen LogP contribution in [0.5, 0.6) is 0 Å². The lowest BCUT2D eigenvalue weighted by molar-refractivity contribution is 0.0921. The standard InChI is InChI=1S/C21H27N3O2/c1-3-23(4-2)20-18(12-8-14-22-20)19-13-9-15-24(19)21(25)26-16-17-10-6-5-7-11-17/h5-8,10-12,14,19H,3-4,9,13,15-16H2,1-2H3/t19-/m0/s1. The first kappa shape index (κ1) is 18.2. The van der Waals surface area contributed by atoms with Crippen LogP contribution >= 0.6 is 0 Å². The minimum Gasteiger partial charge on any atom is -0.445 e. The second kappa shape index (κ2) is 8.70. The molecule has 1 aliphatic rings. The number of anilines is 1. The molecule has 0 aliphatic carbocycles. The molecule has 5 heteroatoms. The first-order valence-corrected chi connectivity index (χ1v) is 9.41. The van der Waals surface area contributed by atoms with E-state index in [2.05, 4.69) is 29.8 Å². The van der Waals surface area contributed by atoms with Crippen molar-refractivity contribution >= 4 is 11.9 Å². The molecule has 26 heavy (non-hydrogen) atoms. The Balaban J connectivity index is 1.75. The summed E-state index contributed by atoms with van der Waals surface area (Å²) in [5, 5.41) is 0. The van der Waals surface area contributed by atoms with Gasteiger partial charge in [-0.3, -0.25) is 0 Å². The van der Waals surface area contributed by atoms with Crippen LogP contribution < -0.4 is 4.90 Å². The van der Waals surface area contributed by atoms with Crippen molar-refractivity contribution in [3.8, 4) is 0 Å². The first-order chi connectivity index (χ1) is 12.7. The molecule has 1 aromatic carbocycles. The predicted molar refractivity (Wildman–Crippen MR) is 103 cm³/mol. The predicted octanol–water partition coefficient (Wildman–Crippen LogP) is 4.40. The maximum absolute atomic E-state index is 12.7. The molecule has 2 aromatic rings. The summed E-state index contributed by atoms with van der Waals surface area (Å²) in [5.74, 6) is 0.977. The molecule has 1 atom stereocenters. The fourth-order valence-corrected chi connectivity index (χ4v) is 3.57. The van der Waals surface area contributed by atoms with E-state index in [9.17, 15) is 4.79 Å². The molecule has 1 aromatic heterocycles. The van der Waals surface area contributed by atoms with Gasteiger partial charge in [0.1, 0.15) is 12.4 Å². The Morgan fingerprint density at radius 1 is 1.19 bits per heavy atom. The van der Waals surface area contributed by atoms with Crippen molar-refractivity contribution in [2.75, 3.05) is 24.5 Å². The smallest absolute Gasteiger partial charge is 0.410 e. The number of carbonyl (C=O) groups excluding carboxylic acids is 1. The van der Waals surface area contributed by atoms with Gasteiger partial charge in [-0.15, -0.1) is 0 Å². The third-order valence-electron chi connectivity index (χ3n) is 4.93. The van der Waals surface area contributed by atoms with Crippen LogP contribution in [-0.4, -0.2) is 35.6 Å². The number of hydrogen-bond donors (Lipinski definition) is 0. The fourth-order valence-electron chi connectivity index (χ4n) is 3.57. The lowest BCUT2D eigenvalue weighted by Crippen LogP contribution is -2.33. The molecule has 138 valence electrons. The molecule has 2 heterocycles. The van der Waals surface area contributed by atoms with Crippen LogP contribution in [0.3, 0.4) is 0 Å². The molecule has 1 saturated heterocycles. The number of rotatable bonds is 6. The number of nitrogens with zero attached hydrogens (tertiary/aromatic N) is 3. The van der Waals surface area contributed by atoms with E-state index in [1.54, 1.807) is 0 Å². The highest BCUT2D eigenvalue weighted by atomic mass is 16.6. The van der Waals surface area contributed by atoms with E-state index >= 15 is 0 Å². The van der Waals surface area contributed by atoms with Crippen molar-refractivity contribution in [1.82, 2.24) is 9.88 Å². The fraction of sp³-hybridized carbons (Fsp3) is 0.429. The van der Waals surface area contributed by atoms with E-state index in [1.165, 1.54) is 0 Å². The Kier molecular flexibility index (Phi) is 6.10. The van der Waals surface area contributed by atoms with E-state index in [-0.39, 0.29) is 12.1 Å². The van der Waals surface area contributed by atoms with Crippen molar-refractivity contribution in [2.24, 2.45) is 0 Å². The summed E-state index contributed by atoms with van der Waals surface area (Å²) in [6.45, 7) is 7.08. The van der Waals surface area contributed by atoms with E-state index in [0.29, 0.717) is 6.61 Å². The van der Waals surface area contributed by atoms with E-state index in [1.807, 2.05) is 47.5 Å². The number of benzene rings is 1. The Labute approximate surface area is 155 Å². The number of likely N-dealkylation sites (tertiary alicyclic amines) is 1. The van der Waals surface area contributed by atoms with Crippen LogP contribution in [0.25, 0.3) is 0 Å². The zero-order valence-corrected chi connectivity index (χ0v) is 15.6. The Bertz CT molecular complexity index is 716. The zero-order valence-electron chi connectivity index (χ0n) is 15.6. The molecule has 0 N–H and O–H groups in total. The minimum absolute atomic E-state index is 0.0302. The molecule has 0 saturated carbocycles. The molecule has 0 spiro atoms. The minimum atomic E-state index is -0.245. The summed E-state index contributed by atoms with van der Waals surface area (Å²) in [4.78, 5) is 21.4. The molecule has 0 bridgehead atoms. The van der Waals surface area contributed by atoms with Gasteiger partial charge >= 0.3 is 6.09 Å². The summed E-state index contributed by atoms with van der Waals surface area (Å²) in [7, 11) is 0. The lowest BCUT2D eigenvalue weighted by atomic mass is 10.0. The van der Waals surface area contributed by atoms with Crippen LogP contribution in [0.15, 0.2) is 48.7 Å². The van der Waals surface area contributed by atoms with Crippen molar-refractivity contribution in [3.05, 3.63) is 59.8 Å². The molecule has 3 rings (SSSR count). The summed E-state index contributed by atoms with van der Waals surface area (Å²) in [5.41, 5.74) is 2.12. The van der Waals surface area contributed by atoms with Gasteiger partial charge in [0, 0.05) is 31.4 Å². The molecular weight excluding hydrogens is 326 g/mol. The second-order valence-corrected chi connectivity index (χ2v) is 6.48. The van der Waals surface area contributed by atoms with Gasteiger partial charge in [-0.2, -0.15) is 0 Å². The van der Waals surface area contributed by atoms with Crippen molar-refractivity contribution in [2.45, 2.75) is 39.3 Å². The zero-order chi connectivity index (χ0) is 18.4. The van der Waals surface area contributed by atoms with E-state index in [0.717, 1.165) is 49.4 Å². The van der Waals surface area contributed by atoms with Crippen LogP contribution in [0.4, 0.5) is 10.6 Å². The van der Waals surface area contributed by atoms with Crippen LogP contribution in [-0.2, 0) is 11.3 Å². The molecular formula is C21H27N3O2. The van der Waals surface area contributed by atoms with Crippen LogP contribution in [0, 0.1) is 0 Å². The number of pyridine rings is 1. The van der Waals surface area contributed by atoms with Gasteiger partial charge in [-0.25, -0.2) is 9.78 Å². The topological polar surface area (TPSA) is 45.7 Å². The average Bonchev–Trinajstić information content (AvgIpc) is 3.18. The van der Waals surface area contributed by atoms with Gasteiger partial charge in [0.05, 0.1) is 6.04 Å². The molecule has 1 fully saturated rings. The van der Waals surface area contributed by atoms with Gasteiger partial charge in [-0.05, 0) is 38.3 Å². The van der Waals surface area contributed by atoms with Gasteiger partial charge in [0.2, 0.25) is 0 Å².